The van der Waals surface area contributed by atoms with E-state index in [1.165, 1.54) is 6.20 Å². The average Bonchev–Trinajstić information content (AvgIpc) is 2.16. The highest BCUT2D eigenvalue weighted by atomic mass is 16.4. The molecule has 0 atom stereocenters. The van der Waals surface area contributed by atoms with Gasteiger partial charge in [-0.2, -0.15) is 0 Å². The van der Waals surface area contributed by atoms with Gasteiger partial charge in [-0.25, -0.2) is 0 Å². The summed E-state index contributed by atoms with van der Waals surface area (Å²) >= 11 is 0. The molecule has 0 unspecified atom stereocenters. The predicted octanol–water partition coefficient (Wildman–Crippen LogP) is 1.06. The molecule has 0 radical (unpaired) electrons. The minimum Gasteiger partial charge on any atom is -0.481 e. The number of hydrogen-bond donors (Lipinski definition) is 2. The molecule has 1 amide bonds. The van der Waals surface area contributed by atoms with Crippen LogP contribution in [0.5, 0.6) is 0 Å². The van der Waals surface area contributed by atoms with Crippen LogP contribution in [0.2, 0.25) is 0 Å². The molecule has 0 aliphatic carbocycles. The van der Waals surface area contributed by atoms with Gasteiger partial charge in [0.1, 0.15) is 5.69 Å². The van der Waals surface area contributed by atoms with E-state index in [0.717, 1.165) is 0 Å². The number of aromatic nitrogens is 1. The fraction of sp³-hybridized carbons (Fsp3) is 0.364. The number of carboxylic acids is 1. The standard InChI is InChI=1S/C11H14N2O3/c1-11(2,7-9(14)15)13-10(16)8-5-3-4-6-12-8/h3-6H,7H2,1-2H3,(H,13,16)(H,14,15). The number of nitrogens with zero attached hydrogens (tertiary/aromatic N) is 1. The Kier molecular flexibility index (Phi) is 3.60. The summed E-state index contributed by atoms with van der Waals surface area (Å²) in [4.78, 5) is 26.1. The first-order chi connectivity index (χ1) is 7.41. The summed E-state index contributed by atoms with van der Waals surface area (Å²) in [5.74, 6) is -1.32. The molecule has 1 aromatic heterocycles. The zero-order chi connectivity index (χ0) is 12.2. The molecule has 0 aliphatic rings. The molecule has 5 heteroatoms. The Bertz CT molecular complexity index is 387. The zero-order valence-corrected chi connectivity index (χ0v) is 9.23. The third-order valence-electron chi connectivity index (χ3n) is 1.94. The summed E-state index contributed by atoms with van der Waals surface area (Å²) in [6.07, 6.45) is 1.38. The summed E-state index contributed by atoms with van der Waals surface area (Å²) in [6.45, 7) is 3.31. The number of pyridine rings is 1. The molecule has 0 bridgehead atoms. The van der Waals surface area contributed by atoms with Gasteiger partial charge in [-0.3, -0.25) is 14.6 Å². The Labute approximate surface area is 93.5 Å². The second kappa shape index (κ2) is 4.74. The van der Waals surface area contributed by atoms with E-state index in [1.807, 2.05) is 0 Å². The van der Waals surface area contributed by atoms with Crippen LogP contribution in [0.25, 0.3) is 0 Å². The van der Waals surface area contributed by atoms with E-state index in [0.29, 0.717) is 0 Å². The van der Waals surface area contributed by atoms with E-state index in [2.05, 4.69) is 10.3 Å². The van der Waals surface area contributed by atoms with Gasteiger partial charge in [0.05, 0.1) is 6.42 Å². The molecule has 0 aliphatic heterocycles. The van der Waals surface area contributed by atoms with Crippen molar-refractivity contribution in [1.82, 2.24) is 10.3 Å². The molecule has 0 saturated carbocycles. The Balaban J connectivity index is 2.68. The fourth-order valence-electron chi connectivity index (χ4n) is 1.29. The first kappa shape index (κ1) is 12.2. The van der Waals surface area contributed by atoms with E-state index in [1.54, 1.807) is 32.0 Å². The van der Waals surface area contributed by atoms with Crippen LogP contribution >= 0.6 is 0 Å². The highest BCUT2D eigenvalue weighted by molar-refractivity contribution is 5.92. The van der Waals surface area contributed by atoms with Gasteiger partial charge in [0.25, 0.3) is 5.91 Å². The molecular weight excluding hydrogens is 208 g/mol. The van der Waals surface area contributed by atoms with Crippen molar-refractivity contribution in [3.05, 3.63) is 30.1 Å². The van der Waals surface area contributed by atoms with E-state index in [9.17, 15) is 9.59 Å². The molecule has 86 valence electrons. The van der Waals surface area contributed by atoms with Crippen LogP contribution in [0.4, 0.5) is 0 Å². The number of carbonyl (C=O) groups is 2. The molecule has 0 aromatic carbocycles. The number of carbonyl (C=O) groups excluding carboxylic acids is 1. The maximum Gasteiger partial charge on any atom is 0.305 e. The van der Waals surface area contributed by atoms with Crippen molar-refractivity contribution in [3.8, 4) is 0 Å². The van der Waals surface area contributed by atoms with Gasteiger partial charge in [0, 0.05) is 11.7 Å². The van der Waals surface area contributed by atoms with Crippen LogP contribution in [0.1, 0.15) is 30.8 Å². The van der Waals surface area contributed by atoms with Crippen molar-refractivity contribution in [3.63, 3.8) is 0 Å². The summed E-state index contributed by atoms with van der Waals surface area (Å²) in [7, 11) is 0. The molecular formula is C11H14N2O3. The zero-order valence-electron chi connectivity index (χ0n) is 9.23. The van der Waals surface area contributed by atoms with Crippen LogP contribution in [-0.2, 0) is 4.79 Å². The third kappa shape index (κ3) is 3.68. The van der Waals surface area contributed by atoms with Crippen molar-refractivity contribution < 1.29 is 14.7 Å². The highest BCUT2D eigenvalue weighted by Crippen LogP contribution is 2.09. The lowest BCUT2D eigenvalue weighted by Gasteiger charge is -2.23. The van der Waals surface area contributed by atoms with Gasteiger partial charge in [-0.15, -0.1) is 0 Å². The maximum absolute atomic E-state index is 11.7. The number of rotatable bonds is 4. The number of nitrogens with one attached hydrogen (secondary N) is 1. The van der Waals surface area contributed by atoms with Crippen molar-refractivity contribution in [2.45, 2.75) is 25.8 Å². The Morgan fingerprint density at radius 1 is 1.44 bits per heavy atom. The van der Waals surface area contributed by atoms with Crippen molar-refractivity contribution in [2.24, 2.45) is 0 Å². The Morgan fingerprint density at radius 2 is 2.12 bits per heavy atom. The van der Waals surface area contributed by atoms with Crippen LogP contribution in [0.15, 0.2) is 24.4 Å². The lowest BCUT2D eigenvalue weighted by atomic mass is 10.0. The topological polar surface area (TPSA) is 79.3 Å². The van der Waals surface area contributed by atoms with Gasteiger partial charge in [0.2, 0.25) is 0 Å². The Hall–Kier alpha value is -1.91. The summed E-state index contributed by atoms with van der Waals surface area (Å²) in [5.41, 5.74) is -0.513. The number of amides is 1. The average molecular weight is 222 g/mol. The van der Waals surface area contributed by atoms with Crippen LogP contribution in [0.3, 0.4) is 0 Å². The monoisotopic (exact) mass is 222 g/mol. The van der Waals surface area contributed by atoms with E-state index in [-0.39, 0.29) is 18.0 Å². The van der Waals surface area contributed by atoms with Gasteiger partial charge in [-0.1, -0.05) is 6.07 Å². The molecule has 0 saturated heterocycles. The second-order valence-electron chi connectivity index (χ2n) is 4.12. The van der Waals surface area contributed by atoms with Gasteiger partial charge < -0.3 is 10.4 Å². The SMILES string of the molecule is CC(C)(CC(=O)O)NC(=O)c1ccccn1. The molecule has 0 fully saturated rings. The number of carboxylic acid groups (broad SMARTS) is 1. The number of hydrogen-bond acceptors (Lipinski definition) is 3. The predicted molar refractivity (Wildman–Crippen MR) is 58.0 cm³/mol. The van der Waals surface area contributed by atoms with Crippen molar-refractivity contribution >= 4 is 11.9 Å². The van der Waals surface area contributed by atoms with Gasteiger partial charge in [-0.05, 0) is 26.0 Å². The van der Waals surface area contributed by atoms with Crippen LogP contribution in [0, 0.1) is 0 Å². The third-order valence-corrected chi connectivity index (χ3v) is 1.94. The fourth-order valence-corrected chi connectivity index (χ4v) is 1.29. The molecule has 0 spiro atoms. The number of aliphatic carboxylic acids is 1. The molecule has 16 heavy (non-hydrogen) atoms. The second-order valence-corrected chi connectivity index (χ2v) is 4.12. The Morgan fingerprint density at radius 3 is 2.62 bits per heavy atom. The van der Waals surface area contributed by atoms with Crippen molar-refractivity contribution in [2.75, 3.05) is 0 Å². The van der Waals surface area contributed by atoms with E-state index < -0.39 is 11.5 Å². The van der Waals surface area contributed by atoms with Crippen LogP contribution < -0.4 is 5.32 Å². The minimum absolute atomic E-state index is 0.133. The smallest absolute Gasteiger partial charge is 0.305 e. The molecule has 2 N–H and O–H groups in total. The summed E-state index contributed by atoms with van der Waals surface area (Å²) < 4.78 is 0. The summed E-state index contributed by atoms with van der Waals surface area (Å²) in [5, 5.41) is 11.3. The van der Waals surface area contributed by atoms with Crippen LogP contribution in [-0.4, -0.2) is 27.5 Å². The first-order valence-corrected chi connectivity index (χ1v) is 4.86. The van der Waals surface area contributed by atoms with Crippen molar-refractivity contribution in [1.29, 1.82) is 0 Å². The van der Waals surface area contributed by atoms with E-state index in [4.69, 9.17) is 5.11 Å². The first-order valence-electron chi connectivity index (χ1n) is 4.86. The van der Waals surface area contributed by atoms with E-state index >= 15 is 0 Å². The highest BCUT2D eigenvalue weighted by Gasteiger charge is 2.24. The molecule has 1 rings (SSSR count). The lowest BCUT2D eigenvalue weighted by molar-refractivity contribution is -0.138. The van der Waals surface area contributed by atoms with Gasteiger partial charge >= 0.3 is 5.97 Å². The minimum atomic E-state index is -0.952. The lowest BCUT2D eigenvalue weighted by Crippen LogP contribution is -2.45. The quantitative estimate of drug-likeness (QED) is 0.798. The normalized spacial score (nSPS) is 10.9. The summed E-state index contributed by atoms with van der Waals surface area (Å²) in [6, 6.07) is 4.98. The van der Waals surface area contributed by atoms with Gasteiger partial charge in [0.15, 0.2) is 0 Å². The molecule has 1 heterocycles. The molecule has 5 nitrogen and oxygen atoms in total. The largest absolute Gasteiger partial charge is 0.481 e. The maximum atomic E-state index is 11.7. The molecule has 1 aromatic rings.